The van der Waals surface area contributed by atoms with Gasteiger partial charge in [-0.15, -0.1) is 0 Å². The fourth-order valence-electron chi connectivity index (χ4n) is 3.99. The van der Waals surface area contributed by atoms with E-state index in [4.69, 9.17) is 0 Å². The largest absolute Gasteiger partial charge is 0.337 e. The van der Waals surface area contributed by atoms with E-state index in [9.17, 15) is 4.79 Å². The van der Waals surface area contributed by atoms with Gasteiger partial charge in [0.15, 0.2) is 5.69 Å². The topological polar surface area (TPSA) is 56.0 Å². The molecule has 4 rings (SSSR count). The van der Waals surface area contributed by atoms with Gasteiger partial charge >= 0.3 is 0 Å². The molecule has 2 aromatic heterocycles. The highest BCUT2D eigenvalue weighted by Crippen LogP contribution is 2.25. The number of benzene rings is 1. The number of piperidine rings is 1. The highest BCUT2D eigenvalue weighted by Gasteiger charge is 2.27. The Bertz CT molecular complexity index is 953. The molecule has 0 aliphatic carbocycles. The summed E-state index contributed by atoms with van der Waals surface area (Å²) < 4.78 is 4.05. The number of nitrogens with zero attached hydrogens (tertiary/aromatic N) is 5. The molecule has 1 aromatic carbocycles. The maximum atomic E-state index is 12.9. The Balaban J connectivity index is 1.50. The lowest BCUT2D eigenvalue weighted by Crippen LogP contribution is -2.41. The summed E-state index contributed by atoms with van der Waals surface area (Å²) in [5, 5.41) is 4.36. The molecule has 1 amide bonds. The van der Waals surface area contributed by atoms with Crippen LogP contribution in [0.25, 0.3) is 11.4 Å². The van der Waals surface area contributed by atoms with Crippen molar-refractivity contribution in [2.75, 3.05) is 13.1 Å². The third-order valence-electron chi connectivity index (χ3n) is 5.67. The number of hydrogen-bond donors (Lipinski definition) is 0. The molecule has 1 fully saturated rings. The Kier molecular flexibility index (Phi) is 5.03. The lowest BCUT2D eigenvalue weighted by Gasteiger charge is -2.33. The lowest BCUT2D eigenvalue weighted by molar-refractivity contribution is 0.0655. The van der Waals surface area contributed by atoms with Gasteiger partial charge in [-0.2, -0.15) is 5.10 Å². The van der Waals surface area contributed by atoms with Crippen LogP contribution in [0.3, 0.4) is 0 Å². The molecule has 3 aromatic rings. The number of amides is 1. The number of likely N-dealkylation sites (tertiary alicyclic amines) is 1. The van der Waals surface area contributed by atoms with Crippen molar-refractivity contribution in [3.63, 3.8) is 0 Å². The van der Waals surface area contributed by atoms with Crippen LogP contribution in [0.5, 0.6) is 0 Å². The van der Waals surface area contributed by atoms with Gasteiger partial charge in [0.25, 0.3) is 5.91 Å². The minimum absolute atomic E-state index is 0.0408. The summed E-state index contributed by atoms with van der Waals surface area (Å²) >= 11 is 0. The molecule has 1 saturated heterocycles. The van der Waals surface area contributed by atoms with Gasteiger partial charge in [-0.25, -0.2) is 4.98 Å². The normalized spacial score (nSPS) is 17.1. The van der Waals surface area contributed by atoms with Crippen LogP contribution in [0, 0.1) is 19.8 Å². The number of carbonyl (C=O) groups excluding carboxylic acids is 1. The van der Waals surface area contributed by atoms with E-state index < -0.39 is 0 Å². The molecular weight excluding hydrogens is 350 g/mol. The predicted octanol–water partition coefficient (Wildman–Crippen LogP) is 3.45. The van der Waals surface area contributed by atoms with E-state index in [2.05, 4.69) is 33.7 Å². The van der Waals surface area contributed by atoms with Gasteiger partial charge in [0.05, 0.1) is 0 Å². The van der Waals surface area contributed by atoms with E-state index in [0.717, 1.165) is 55.3 Å². The van der Waals surface area contributed by atoms with Gasteiger partial charge < -0.3 is 9.47 Å². The van der Waals surface area contributed by atoms with Crippen molar-refractivity contribution < 1.29 is 4.79 Å². The second-order valence-corrected chi connectivity index (χ2v) is 7.75. The molecule has 1 aliphatic heterocycles. The van der Waals surface area contributed by atoms with Crippen LogP contribution in [-0.4, -0.2) is 43.2 Å². The zero-order chi connectivity index (χ0) is 19.7. The van der Waals surface area contributed by atoms with Gasteiger partial charge in [0, 0.05) is 49.8 Å². The Hall–Kier alpha value is -2.89. The van der Waals surface area contributed by atoms with Crippen molar-refractivity contribution in [1.29, 1.82) is 0 Å². The van der Waals surface area contributed by atoms with Crippen molar-refractivity contribution >= 4 is 5.91 Å². The third-order valence-corrected chi connectivity index (χ3v) is 5.67. The summed E-state index contributed by atoms with van der Waals surface area (Å²) in [5.41, 5.74) is 3.83. The fourth-order valence-corrected chi connectivity index (χ4v) is 3.99. The van der Waals surface area contributed by atoms with Crippen LogP contribution in [0.2, 0.25) is 0 Å². The SMILES string of the molecule is Cc1cc(C(=O)N2CCCC(Cn3c(C)cnc3-c3ccccc3)C2)nn1C. The maximum absolute atomic E-state index is 12.9. The second kappa shape index (κ2) is 7.62. The summed E-state index contributed by atoms with van der Waals surface area (Å²) in [4.78, 5) is 19.5. The smallest absolute Gasteiger partial charge is 0.274 e. The zero-order valence-electron chi connectivity index (χ0n) is 16.8. The van der Waals surface area contributed by atoms with E-state index in [-0.39, 0.29) is 5.91 Å². The minimum atomic E-state index is 0.0408. The van der Waals surface area contributed by atoms with Crippen molar-refractivity contribution in [1.82, 2.24) is 24.2 Å². The molecule has 28 heavy (non-hydrogen) atoms. The van der Waals surface area contributed by atoms with Gasteiger partial charge in [-0.05, 0) is 38.7 Å². The number of rotatable bonds is 4. The molecule has 1 aliphatic rings. The van der Waals surface area contributed by atoms with Crippen LogP contribution in [0.15, 0.2) is 42.6 Å². The zero-order valence-corrected chi connectivity index (χ0v) is 16.8. The molecule has 6 nitrogen and oxygen atoms in total. The predicted molar refractivity (Wildman–Crippen MR) is 109 cm³/mol. The van der Waals surface area contributed by atoms with E-state index in [0.29, 0.717) is 11.6 Å². The van der Waals surface area contributed by atoms with Crippen LogP contribution < -0.4 is 0 Å². The number of aryl methyl sites for hydroxylation is 3. The van der Waals surface area contributed by atoms with Gasteiger partial charge in [0.1, 0.15) is 5.82 Å². The van der Waals surface area contributed by atoms with Crippen molar-refractivity contribution in [2.24, 2.45) is 13.0 Å². The Morgan fingerprint density at radius 3 is 2.68 bits per heavy atom. The molecule has 1 unspecified atom stereocenters. The summed E-state index contributed by atoms with van der Waals surface area (Å²) in [6.07, 6.45) is 4.08. The second-order valence-electron chi connectivity index (χ2n) is 7.75. The van der Waals surface area contributed by atoms with E-state index in [1.54, 1.807) is 4.68 Å². The molecule has 6 heteroatoms. The Labute approximate surface area is 165 Å². The first-order valence-electron chi connectivity index (χ1n) is 9.90. The number of carbonyl (C=O) groups is 1. The fraction of sp³-hybridized carbons (Fsp3) is 0.409. The maximum Gasteiger partial charge on any atom is 0.274 e. The third kappa shape index (κ3) is 3.59. The minimum Gasteiger partial charge on any atom is -0.337 e. The molecule has 0 N–H and O–H groups in total. The highest BCUT2D eigenvalue weighted by molar-refractivity contribution is 5.92. The summed E-state index contributed by atoms with van der Waals surface area (Å²) in [5.74, 6) is 1.46. The van der Waals surface area contributed by atoms with Crippen molar-refractivity contribution in [2.45, 2.75) is 33.2 Å². The first-order chi connectivity index (χ1) is 13.5. The van der Waals surface area contributed by atoms with E-state index in [1.165, 1.54) is 0 Å². The molecule has 3 heterocycles. The molecule has 1 atom stereocenters. The summed E-state index contributed by atoms with van der Waals surface area (Å²) in [7, 11) is 1.87. The average Bonchev–Trinajstić information content (AvgIpc) is 3.24. The molecule has 0 saturated carbocycles. The van der Waals surface area contributed by atoms with Crippen LogP contribution in [0.1, 0.15) is 34.7 Å². The highest BCUT2D eigenvalue weighted by atomic mass is 16.2. The summed E-state index contributed by atoms with van der Waals surface area (Å²) in [6, 6.07) is 12.2. The molecular formula is C22H27N5O. The molecule has 146 valence electrons. The van der Waals surface area contributed by atoms with Crippen LogP contribution in [0.4, 0.5) is 0 Å². The van der Waals surface area contributed by atoms with Crippen LogP contribution >= 0.6 is 0 Å². The number of aromatic nitrogens is 4. The average molecular weight is 377 g/mol. The lowest BCUT2D eigenvalue weighted by atomic mass is 9.97. The van der Waals surface area contributed by atoms with Crippen LogP contribution in [-0.2, 0) is 13.6 Å². The number of imidazole rings is 1. The summed E-state index contributed by atoms with van der Waals surface area (Å²) in [6.45, 7) is 6.51. The standard InChI is InChI=1S/C22H27N5O/c1-16-12-20(24-25(16)3)22(28)26-11-7-8-18(14-26)15-27-17(2)13-23-21(27)19-9-5-4-6-10-19/h4-6,9-10,12-13,18H,7-8,11,14-15H2,1-3H3. The quantitative estimate of drug-likeness (QED) is 0.700. The molecule has 0 bridgehead atoms. The Morgan fingerprint density at radius 2 is 1.96 bits per heavy atom. The van der Waals surface area contributed by atoms with E-state index in [1.807, 2.05) is 49.3 Å². The van der Waals surface area contributed by atoms with Crippen molar-refractivity contribution in [3.05, 3.63) is 59.7 Å². The van der Waals surface area contributed by atoms with Gasteiger partial charge in [-0.1, -0.05) is 30.3 Å². The van der Waals surface area contributed by atoms with E-state index >= 15 is 0 Å². The molecule has 0 radical (unpaired) electrons. The Morgan fingerprint density at radius 1 is 1.18 bits per heavy atom. The monoisotopic (exact) mass is 377 g/mol. The number of hydrogen-bond acceptors (Lipinski definition) is 3. The molecule has 0 spiro atoms. The van der Waals surface area contributed by atoms with Crippen molar-refractivity contribution in [3.8, 4) is 11.4 Å². The van der Waals surface area contributed by atoms with Gasteiger partial charge in [0.2, 0.25) is 0 Å². The first-order valence-corrected chi connectivity index (χ1v) is 9.90. The first kappa shape index (κ1) is 18.5. The van der Waals surface area contributed by atoms with Gasteiger partial charge in [-0.3, -0.25) is 9.48 Å².